The van der Waals surface area contributed by atoms with Crippen LogP contribution in [-0.2, 0) is 19.6 Å². The van der Waals surface area contributed by atoms with Crippen LogP contribution in [0.5, 0.6) is 0 Å². The quantitative estimate of drug-likeness (QED) is 0.641. The molecule has 116 valence electrons. The highest BCUT2D eigenvalue weighted by Gasteiger charge is 2.09. The van der Waals surface area contributed by atoms with Gasteiger partial charge >= 0.3 is 0 Å². The highest BCUT2D eigenvalue weighted by molar-refractivity contribution is 9.10. The van der Waals surface area contributed by atoms with Gasteiger partial charge in [0.05, 0.1) is 0 Å². The number of rotatable bonds is 8. The minimum absolute atomic E-state index is 1.00. The molecule has 0 aliphatic rings. The van der Waals surface area contributed by atoms with Crippen molar-refractivity contribution in [1.82, 2.24) is 10.2 Å². The molecule has 21 heavy (non-hydrogen) atoms. The summed E-state index contributed by atoms with van der Waals surface area (Å²) < 4.78 is 1.19. The van der Waals surface area contributed by atoms with Crippen molar-refractivity contribution >= 4 is 38.6 Å². The zero-order valence-corrected chi connectivity index (χ0v) is 16.1. The molecule has 0 atom stereocenters. The van der Waals surface area contributed by atoms with Crippen LogP contribution < -0.4 is 5.32 Å². The van der Waals surface area contributed by atoms with Crippen LogP contribution in [0.3, 0.4) is 0 Å². The zero-order chi connectivity index (χ0) is 15.2. The van der Waals surface area contributed by atoms with E-state index in [2.05, 4.69) is 64.6 Å². The van der Waals surface area contributed by atoms with Gasteiger partial charge in [0.25, 0.3) is 0 Å². The first-order valence-electron chi connectivity index (χ1n) is 7.28. The summed E-state index contributed by atoms with van der Waals surface area (Å²) in [5.41, 5.74) is 1.46. The average molecular weight is 387 g/mol. The predicted molar refractivity (Wildman–Crippen MR) is 98.2 cm³/mol. The van der Waals surface area contributed by atoms with E-state index in [4.69, 9.17) is 0 Å². The molecule has 2 rings (SSSR count). The van der Waals surface area contributed by atoms with Crippen molar-refractivity contribution in [2.75, 3.05) is 13.6 Å². The number of nitrogens with zero attached hydrogens (tertiary/aromatic N) is 1. The number of aryl methyl sites for hydroxylation is 1. The molecular formula is C16H23BrN2S2. The summed E-state index contributed by atoms with van der Waals surface area (Å²) in [7, 11) is 2.19. The Morgan fingerprint density at radius 1 is 1.24 bits per heavy atom. The van der Waals surface area contributed by atoms with Crippen molar-refractivity contribution in [2.45, 2.75) is 39.9 Å². The molecule has 2 nitrogen and oxygen atoms in total. The Bertz CT molecular complexity index is 562. The van der Waals surface area contributed by atoms with Crippen LogP contribution in [0.25, 0.3) is 0 Å². The molecule has 0 amide bonds. The van der Waals surface area contributed by atoms with Gasteiger partial charge in [-0.05, 0) is 60.6 Å². The molecule has 0 aliphatic carbocycles. The van der Waals surface area contributed by atoms with Crippen LogP contribution in [0.4, 0.5) is 0 Å². The van der Waals surface area contributed by atoms with Crippen LogP contribution in [0.1, 0.15) is 33.5 Å². The van der Waals surface area contributed by atoms with Crippen molar-refractivity contribution in [3.63, 3.8) is 0 Å². The molecule has 0 aromatic carbocycles. The fraction of sp³-hybridized carbons (Fsp3) is 0.500. The molecule has 0 radical (unpaired) electrons. The SMILES string of the molecule is CCCNCc1cc(CN(C)Cc2cc(Br)cs2)c(C)s1. The van der Waals surface area contributed by atoms with E-state index >= 15 is 0 Å². The molecule has 2 aromatic heterocycles. The summed E-state index contributed by atoms with van der Waals surface area (Å²) >= 11 is 7.26. The van der Waals surface area contributed by atoms with Crippen LogP contribution in [0.2, 0.25) is 0 Å². The van der Waals surface area contributed by atoms with E-state index in [1.165, 1.54) is 31.1 Å². The number of nitrogens with one attached hydrogen (secondary N) is 1. The van der Waals surface area contributed by atoms with Crippen molar-refractivity contribution in [1.29, 1.82) is 0 Å². The Morgan fingerprint density at radius 3 is 2.71 bits per heavy atom. The Hall–Kier alpha value is -0.200. The predicted octanol–water partition coefficient (Wildman–Crippen LogP) is 5.01. The topological polar surface area (TPSA) is 15.3 Å². The highest BCUT2D eigenvalue weighted by atomic mass is 79.9. The summed E-state index contributed by atoms with van der Waals surface area (Å²) in [6.07, 6.45) is 1.19. The third-order valence-electron chi connectivity index (χ3n) is 3.29. The number of halogens is 1. The summed E-state index contributed by atoms with van der Waals surface area (Å²) in [4.78, 5) is 6.68. The zero-order valence-electron chi connectivity index (χ0n) is 12.9. The molecule has 0 aliphatic heterocycles. The third-order valence-corrected chi connectivity index (χ3v) is 6.06. The second kappa shape index (κ2) is 8.44. The molecule has 2 aromatic rings. The van der Waals surface area contributed by atoms with E-state index in [1.54, 1.807) is 0 Å². The van der Waals surface area contributed by atoms with Gasteiger partial charge < -0.3 is 5.32 Å². The second-order valence-electron chi connectivity index (χ2n) is 5.37. The maximum absolute atomic E-state index is 3.52. The molecular weight excluding hydrogens is 364 g/mol. The molecule has 2 heterocycles. The first kappa shape index (κ1) is 17.2. The Balaban J connectivity index is 1.89. The number of hydrogen-bond donors (Lipinski definition) is 1. The van der Waals surface area contributed by atoms with E-state index in [9.17, 15) is 0 Å². The first-order chi connectivity index (χ1) is 10.1. The second-order valence-corrected chi connectivity index (χ2v) is 8.63. The average Bonchev–Trinajstić information content (AvgIpc) is 2.97. The standard InChI is InChI=1S/C16H23BrN2S2/c1-4-5-18-8-15-6-13(12(2)21-15)9-19(3)10-16-7-14(17)11-20-16/h6-7,11,18H,4-5,8-10H2,1-3H3. The van der Waals surface area contributed by atoms with E-state index in [1.807, 2.05) is 22.7 Å². The van der Waals surface area contributed by atoms with E-state index in [0.29, 0.717) is 0 Å². The van der Waals surface area contributed by atoms with Gasteiger partial charge in [-0.2, -0.15) is 0 Å². The molecule has 0 saturated heterocycles. The van der Waals surface area contributed by atoms with Crippen molar-refractivity contribution in [3.8, 4) is 0 Å². The van der Waals surface area contributed by atoms with Gasteiger partial charge in [0, 0.05) is 44.1 Å². The first-order valence-corrected chi connectivity index (χ1v) is 9.77. The fourth-order valence-corrected chi connectivity index (χ4v) is 4.82. The lowest BCUT2D eigenvalue weighted by Gasteiger charge is -2.15. The maximum atomic E-state index is 3.52. The fourth-order valence-electron chi connectivity index (χ4n) is 2.27. The van der Waals surface area contributed by atoms with Gasteiger partial charge in [-0.1, -0.05) is 6.92 Å². The Kier molecular flexibility index (Phi) is 6.89. The normalized spacial score (nSPS) is 11.5. The van der Waals surface area contributed by atoms with Gasteiger partial charge in [0.2, 0.25) is 0 Å². The Morgan fingerprint density at radius 2 is 2.05 bits per heavy atom. The van der Waals surface area contributed by atoms with Gasteiger partial charge in [-0.3, -0.25) is 4.90 Å². The molecule has 1 N–H and O–H groups in total. The smallest absolute Gasteiger partial charge is 0.0328 e. The largest absolute Gasteiger partial charge is 0.312 e. The third kappa shape index (κ3) is 5.49. The summed E-state index contributed by atoms with van der Waals surface area (Å²) in [5.74, 6) is 0. The van der Waals surface area contributed by atoms with Crippen LogP contribution in [0.15, 0.2) is 22.0 Å². The minimum Gasteiger partial charge on any atom is -0.312 e. The highest BCUT2D eigenvalue weighted by Crippen LogP contribution is 2.25. The van der Waals surface area contributed by atoms with Gasteiger partial charge in [0.15, 0.2) is 0 Å². The van der Waals surface area contributed by atoms with E-state index in [-0.39, 0.29) is 0 Å². The van der Waals surface area contributed by atoms with Crippen molar-refractivity contribution < 1.29 is 0 Å². The monoisotopic (exact) mass is 386 g/mol. The molecule has 0 spiro atoms. The van der Waals surface area contributed by atoms with Gasteiger partial charge in [0.1, 0.15) is 0 Å². The lowest BCUT2D eigenvalue weighted by Crippen LogP contribution is -2.16. The van der Waals surface area contributed by atoms with Gasteiger partial charge in [-0.25, -0.2) is 0 Å². The molecule has 0 saturated carbocycles. The van der Waals surface area contributed by atoms with Crippen LogP contribution in [-0.4, -0.2) is 18.5 Å². The van der Waals surface area contributed by atoms with Gasteiger partial charge in [-0.15, -0.1) is 22.7 Å². The Labute approximate surface area is 144 Å². The van der Waals surface area contributed by atoms with Crippen molar-refractivity contribution in [2.24, 2.45) is 0 Å². The number of thiophene rings is 2. The molecule has 0 bridgehead atoms. The van der Waals surface area contributed by atoms with Crippen LogP contribution in [0, 0.1) is 6.92 Å². The lowest BCUT2D eigenvalue weighted by molar-refractivity contribution is 0.322. The maximum Gasteiger partial charge on any atom is 0.0328 e. The lowest BCUT2D eigenvalue weighted by atomic mass is 10.2. The summed E-state index contributed by atoms with van der Waals surface area (Å²) in [6.45, 7) is 8.57. The minimum atomic E-state index is 1.00. The van der Waals surface area contributed by atoms with E-state index in [0.717, 1.165) is 26.2 Å². The number of hydrogen-bond acceptors (Lipinski definition) is 4. The molecule has 5 heteroatoms. The summed E-state index contributed by atoms with van der Waals surface area (Å²) in [6, 6.07) is 4.57. The molecule has 0 unspecified atom stereocenters. The van der Waals surface area contributed by atoms with Crippen molar-refractivity contribution in [3.05, 3.63) is 42.2 Å². The molecule has 0 fully saturated rings. The van der Waals surface area contributed by atoms with Crippen LogP contribution >= 0.6 is 38.6 Å². The van der Waals surface area contributed by atoms with E-state index < -0.39 is 0 Å². The summed E-state index contributed by atoms with van der Waals surface area (Å²) in [5, 5.41) is 5.63.